The van der Waals surface area contributed by atoms with Gasteiger partial charge in [0.05, 0.1) is 5.54 Å². The molecule has 0 fully saturated rings. The van der Waals surface area contributed by atoms with Gasteiger partial charge in [-0.15, -0.1) is 0 Å². The summed E-state index contributed by atoms with van der Waals surface area (Å²) in [7, 11) is -1.59. The Hall–Kier alpha value is -1.10. The molecule has 0 spiro atoms. The normalized spacial score (nSPS) is 21.9. The third-order valence-electron chi connectivity index (χ3n) is 2.15. The Balaban J connectivity index is 2.87. The van der Waals surface area contributed by atoms with Crippen molar-refractivity contribution in [3.05, 3.63) is 22.9 Å². The van der Waals surface area contributed by atoms with Crippen LogP contribution in [0, 0.1) is 0 Å². The minimum absolute atomic E-state index is 0.0610. The number of carbonyl (C=O) groups excluding carboxylic acids is 1. The number of rotatable bonds is 3. The lowest BCUT2D eigenvalue weighted by Crippen LogP contribution is -2.46. The van der Waals surface area contributed by atoms with Gasteiger partial charge in [-0.25, -0.2) is 4.21 Å². The van der Waals surface area contributed by atoms with Gasteiger partial charge in [-0.05, 0) is 20.8 Å². The minimum Gasteiger partial charge on any atom is -0.510 e. The maximum Gasteiger partial charge on any atom is 0.253 e. The van der Waals surface area contributed by atoms with Crippen molar-refractivity contribution in [1.29, 1.82) is 0 Å². The Bertz CT molecular complexity index is 368. The summed E-state index contributed by atoms with van der Waals surface area (Å²) >= 11 is 0. The molecule has 0 aliphatic carbocycles. The highest BCUT2D eigenvalue weighted by atomic mass is 32.2. The number of hydrogen-bond acceptors (Lipinski definition) is 4. The first-order valence-corrected chi connectivity index (χ1v) is 5.26. The molecule has 1 aliphatic rings. The third kappa shape index (κ3) is 1.59. The van der Waals surface area contributed by atoms with Crippen molar-refractivity contribution in [1.82, 2.24) is 5.32 Å². The van der Waals surface area contributed by atoms with Gasteiger partial charge in [-0.2, -0.15) is 0 Å². The van der Waals surface area contributed by atoms with Crippen LogP contribution in [-0.2, 0) is 15.6 Å². The van der Waals surface area contributed by atoms with Crippen molar-refractivity contribution in [3.63, 3.8) is 0 Å². The fourth-order valence-corrected chi connectivity index (χ4v) is 2.04. The van der Waals surface area contributed by atoms with Crippen molar-refractivity contribution in [3.8, 4) is 0 Å². The van der Waals surface area contributed by atoms with Gasteiger partial charge in [0.2, 0.25) is 0 Å². The van der Waals surface area contributed by atoms with Crippen molar-refractivity contribution in [2.24, 2.45) is 0 Å². The Morgan fingerprint density at radius 2 is 2.07 bits per heavy atom. The van der Waals surface area contributed by atoms with Crippen LogP contribution in [0.25, 0.3) is 0 Å². The molecule has 5 heteroatoms. The van der Waals surface area contributed by atoms with Crippen LogP contribution in [0.5, 0.6) is 0 Å². The van der Waals surface area contributed by atoms with Crippen molar-refractivity contribution < 1.29 is 14.1 Å². The average molecular weight is 215 g/mol. The first-order chi connectivity index (χ1) is 6.27. The molecule has 4 nitrogen and oxygen atoms in total. The second-order valence-corrected chi connectivity index (χ2v) is 5.02. The second-order valence-electron chi connectivity index (χ2n) is 3.71. The molecule has 0 bridgehead atoms. The van der Waals surface area contributed by atoms with E-state index in [-0.39, 0.29) is 10.9 Å². The summed E-state index contributed by atoms with van der Waals surface area (Å²) in [5.41, 5.74) is -0.315. The summed E-state index contributed by atoms with van der Waals surface area (Å²) in [6.07, 6.45) is 0. The molecule has 0 aromatic rings. The largest absolute Gasteiger partial charge is 0.510 e. The number of aliphatic hydroxyl groups is 1. The number of nitrogens with one attached hydrogen (secondary N) is 1. The van der Waals surface area contributed by atoms with E-state index in [0.29, 0.717) is 10.6 Å². The molecular formula is C9H13NO3S. The molecule has 0 aromatic heterocycles. The maximum atomic E-state index is 11.2. The van der Waals surface area contributed by atoms with Crippen LogP contribution in [-0.4, -0.2) is 20.0 Å². The van der Waals surface area contributed by atoms with Gasteiger partial charge in [-0.1, -0.05) is 6.58 Å². The van der Waals surface area contributed by atoms with Gasteiger partial charge in [0.25, 0.3) is 5.12 Å². The summed E-state index contributed by atoms with van der Waals surface area (Å²) in [6.45, 7) is 8.37. The van der Waals surface area contributed by atoms with E-state index in [9.17, 15) is 14.1 Å². The Labute approximate surface area is 85.2 Å². The Morgan fingerprint density at radius 1 is 1.57 bits per heavy atom. The highest BCUT2D eigenvalue weighted by Crippen LogP contribution is 2.25. The van der Waals surface area contributed by atoms with E-state index < -0.39 is 16.3 Å². The molecule has 14 heavy (non-hydrogen) atoms. The fourth-order valence-electron chi connectivity index (χ4n) is 0.913. The van der Waals surface area contributed by atoms with Crippen LogP contribution in [0.4, 0.5) is 0 Å². The molecule has 0 aromatic carbocycles. The molecular weight excluding hydrogens is 202 g/mol. The fraction of sp³-hybridized carbons (Fsp3) is 0.444. The quantitative estimate of drug-likeness (QED) is 0.688. The first kappa shape index (κ1) is 11.0. The predicted octanol–water partition coefficient (Wildman–Crippen LogP) is 0.947. The molecule has 0 saturated heterocycles. The van der Waals surface area contributed by atoms with Gasteiger partial charge in [0, 0.05) is 5.57 Å². The highest BCUT2D eigenvalue weighted by Gasteiger charge is 2.37. The summed E-state index contributed by atoms with van der Waals surface area (Å²) in [5.74, 6) is -0.0610. The standard InChI is InChI=1S/C9H13NO3S/c1-5-7(14(13)8(5)12)10-9(3,4)6(2)11/h10-11H,2H2,1,3-4H3. The van der Waals surface area contributed by atoms with Crippen molar-refractivity contribution >= 4 is 15.9 Å². The smallest absolute Gasteiger partial charge is 0.253 e. The van der Waals surface area contributed by atoms with Crippen molar-refractivity contribution in [2.75, 3.05) is 0 Å². The first-order valence-electron chi connectivity index (χ1n) is 4.11. The van der Waals surface area contributed by atoms with E-state index in [4.69, 9.17) is 0 Å². The maximum absolute atomic E-state index is 11.2. The number of aliphatic hydroxyl groups excluding tert-OH is 1. The minimum atomic E-state index is -1.59. The molecule has 1 atom stereocenters. The van der Waals surface area contributed by atoms with Gasteiger partial charge in [-0.3, -0.25) is 4.79 Å². The Kier molecular flexibility index (Phi) is 2.54. The summed E-state index contributed by atoms with van der Waals surface area (Å²) in [4.78, 5) is 10.9. The molecule has 0 saturated carbocycles. The summed E-state index contributed by atoms with van der Waals surface area (Å²) in [6, 6.07) is 0. The van der Waals surface area contributed by atoms with Crippen LogP contribution < -0.4 is 5.32 Å². The van der Waals surface area contributed by atoms with Crippen LogP contribution in [0.1, 0.15) is 20.8 Å². The molecule has 1 rings (SSSR count). The Morgan fingerprint density at radius 3 is 2.43 bits per heavy atom. The van der Waals surface area contributed by atoms with Gasteiger partial charge < -0.3 is 10.4 Å². The lowest BCUT2D eigenvalue weighted by atomic mass is 10.0. The number of carbonyl (C=O) groups is 1. The van der Waals surface area contributed by atoms with Crippen LogP contribution in [0.2, 0.25) is 0 Å². The second kappa shape index (κ2) is 3.24. The molecule has 2 N–H and O–H groups in total. The van der Waals surface area contributed by atoms with Gasteiger partial charge >= 0.3 is 0 Å². The zero-order chi connectivity index (χ0) is 11.1. The average Bonchev–Trinajstić information content (AvgIpc) is 2.12. The number of hydrogen-bond donors (Lipinski definition) is 2. The topological polar surface area (TPSA) is 66.4 Å². The van der Waals surface area contributed by atoms with E-state index in [1.54, 1.807) is 20.8 Å². The van der Waals surface area contributed by atoms with E-state index >= 15 is 0 Å². The van der Waals surface area contributed by atoms with E-state index in [0.717, 1.165) is 0 Å². The monoisotopic (exact) mass is 215 g/mol. The summed E-state index contributed by atoms with van der Waals surface area (Å²) < 4.78 is 11.2. The molecule has 0 amide bonds. The van der Waals surface area contributed by atoms with Gasteiger partial charge in [0.1, 0.15) is 21.6 Å². The van der Waals surface area contributed by atoms with Gasteiger partial charge in [0.15, 0.2) is 0 Å². The molecule has 1 unspecified atom stereocenters. The summed E-state index contributed by atoms with van der Waals surface area (Å²) in [5, 5.41) is 12.1. The molecule has 1 heterocycles. The van der Waals surface area contributed by atoms with E-state index in [2.05, 4.69) is 11.9 Å². The van der Waals surface area contributed by atoms with E-state index in [1.165, 1.54) is 0 Å². The predicted molar refractivity (Wildman–Crippen MR) is 54.8 cm³/mol. The van der Waals surface area contributed by atoms with E-state index in [1.807, 2.05) is 0 Å². The lowest BCUT2D eigenvalue weighted by Gasteiger charge is -2.30. The zero-order valence-corrected chi connectivity index (χ0v) is 9.20. The SMILES string of the molecule is C=C(O)C(C)(C)NC1=C(C)C(=O)S1=O. The lowest BCUT2D eigenvalue weighted by molar-refractivity contribution is -0.108. The van der Waals surface area contributed by atoms with Crippen molar-refractivity contribution in [2.45, 2.75) is 26.3 Å². The highest BCUT2D eigenvalue weighted by molar-refractivity contribution is 8.06. The molecule has 1 aliphatic heterocycles. The van der Waals surface area contributed by atoms with Crippen LogP contribution in [0.15, 0.2) is 22.9 Å². The zero-order valence-electron chi connectivity index (χ0n) is 8.38. The molecule has 0 radical (unpaired) electrons. The van der Waals surface area contributed by atoms with Crippen LogP contribution >= 0.6 is 0 Å². The third-order valence-corrected chi connectivity index (χ3v) is 3.57. The molecule has 78 valence electrons. The van der Waals surface area contributed by atoms with Crippen LogP contribution in [0.3, 0.4) is 0 Å².